The van der Waals surface area contributed by atoms with E-state index in [9.17, 15) is 15.0 Å². The Morgan fingerprint density at radius 1 is 0.844 bits per heavy atom. The fourth-order valence-corrected chi connectivity index (χ4v) is 3.35. The minimum absolute atomic E-state index is 0. The second kappa shape index (κ2) is 9.45. The SMILES string of the molecule is CC(C)(c1cccc(-c2[c-]ccc(O)c2)n1)c1cccc(-c2[c-]ccc(C(=O)O)c2)n1.[Pt+2]. The Morgan fingerprint density at radius 3 is 1.91 bits per heavy atom. The van der Waals surface area contributed by atoms with Crippen molar-refractivity contribution in [3.8, 4) is 28.3 Å². The van der Waals surface area contributed by atoms with Crippen molar-refractivity contribution in [2.45, 2.75) is 19.3 Å². The predicted molar refractivity (Wildman–Crippen MR) is 118 cm³/mol. The van der Waals surface area contributed by atoms with Gasteiger partial charge in [0.15, 0.2) is 0 Å². The van der Waals surface area contributed by atoms with Crippen molar-refractivity contribution in [1.82, 2.24) is 9.97 Å². The maximum absolute atomic E-state index is 11.3. The van der Waals surface area contributed by atoms with E-state index in [2.05, 4.69) is 12.1 Å². The van der Waals surface area contributed by atoms with Crippen molar-refractivity contribution in [3.05, 3.63) is 102 Å². The zero-order valence-electron chi connectivity index (χ0n) is 17.4. The summed E-state index contributed by atoms with van der Waals surface area (Å²) in [5.41, 5.74) is 3.96. The predicted octanol–water partition coefficient (Wildman–Crippen LogP) is 5.14. The first-order chi connectivity index (χ1) is 14.8. The number of phenols is 1. The summed E-state index contributed by atoms with van der Waals surface area (Å²) in [7, 11) is 0. The summed E-state index contributed by atoms with van der Waals surface area (Å²) in [6.45, 7) is 4.07. The van der Waals surface area contributed by atoms with Crippen molar-refractivity contribution >= 4 is 5.97 Å². The minimum Gasteiger partial charge on any atom is -0.527 e. The molecule has 2 aromatic carbocycles. The Balaban J connectivity index is 0.00000289. The van der Waals surface area contributed by atoms with Crippen LogP contribution >= 0.6 is 0 Å². The van der Waals surface area contributed by atoms with Gasteiger partial charge in [-0.15, -0.1) is 59.7 Å². The van der Waals surface area contributed by atoms with Crippen molar-refractivity contribution in [3.63, 3.8) is 0 Å². The molecule has 0 unspecified atom stereocenters. The van der Waals surface area contributed by atoms with E-state index >= 15 is 0 Å². The third kappa shape index (κ3) is 4.79. The van der Waals surface area contributed by atoms with Gasteiger partial charge in [-0.3, -0.25) is 0 Å². The normalized spacial score (nSPS) is 10.9. The molecule has 0 spiro atoms. The van der Waals surface area contributed by atoms with E-state index in [1.54, 1.807) is 30.3 Å². The minimum atomic E-state index is -0.989. The zero-order valence-corrected chi connectivity index (χ0v) is 19.7. The van der Waals surface area contributed by atoms with E-state index in [1.807, 2.05) is 50.2 Å². The van der Waals surface area contributed by atoms with Gasteiger partial charge in [-0.2, -0.15) is 0 Å². The molecule has 4 aromatic rings. The number of phenolic OH excluding ortho intramolecular Hbond substituents is 1. The number of carboxylic acids is 1. The van der Waals surface area contributed by atoms with Crippen LogP contribution in [0.4, 0.5) is 0 Å². The molecule has 0 fully saturated rings. The molecule has 5 nitrogen and oxygen atoms in total. The molecule has 6 heteroatoms. The van der Waals surface area contributed by atoms with Crippen LogP contribution in [0, 0.1) is 12.1 Å². The van der Waals surface area contributed by atoms with Crippen LogP contribution in [-0.4, -0.2) is 26.2 Å². The fourth-order valence-electron chi connectivity index (χ4n) is 3.35. The van der Waals surface area contributed by atoms with Crippen LogP contribution in [0.25, 0.3) is 22.5 Å². The van der Waals surface area contributed by atoms with Gasteiger partial charge < -0.3 is 20.2 Å². The summed E-state index contributed by atoms with van der Waals surface area (Å²) < 4.78 is 0. The van der Waals surface area contributed by atoms with Gasteiger partial charge in [-0.1, -0.05) is 24.3 Å². The van der Waals surface area contributed by atoms with Crippen molar-refractivity contribution in [2.24, 2.45) is 0 Å². The summed E-state index contributed by atoms with van der Waals surface area (Å²) in [6.07, 6.45) is 0. The van der Waals surface area contributed by atoms with E-state index in [0.717, 1.165) is 11.4 Å². The Bertz CT molecular complexity index is 1270. The molecule has 0 radical (unpaired) electrons. The second-order valence-electron chi connectivity index (χ2n) is 7.70. The summed E-state index contributed by atoms with van der Waals surface area (Å²) >= 11 is 0. The Hall–Kier alpha value is -3.30. The van der Waals surface area contributed by atoms with Gasteiger partial charge in [0.2, 0.25) is 0 Å². The summed E-state index contributed by atoms with van der Waals surface area (Å²) in [5.74, 6) is -0.828. The van der Waals surface area contributed by atoms with Gasteiger partial charge in [0.05, 0.1) is 0 Å². The number of aromatic hydroxyl groups is 1. The molecule has 0 atom stereocenters. The first-order valence-electron chi connectivity index (χ1n) is 9.76. The molecule has 0 aliphatic carbocycles. The number of rotatable bonds is 5. The van der Waals surface area contributed by atoms with Crippen LogP contribution in [0.1, 0.15) is 35.6 Å². The summed E-state index contributed by atoms with van der Waals surface area (Å²) in [4.78, 5) is 20.9. The van der Waals surface area contributed by atoms with Gasteiger partial charge in [0.25, 0.3) is 0 Å². The van der Waals surface area contributed by atoms with E-state index in [4.69, 9.17) is 9.97 Å². The Kier molecular flexibility index (Phi) is 6.90. The van der Waals surface area contributed by atoms with Gasteiger partial charge in [0.1, 0.15) is 0 Å². The molecule has 162 valence electrons. The number of hydrogen-bond acceptors (Lipinski definition) is 4. The zero-order chi connectivity index (χ0) is 22.0. The van der Waals surface area contributed by atoms with Gasteiger partial charge >= 0.3 is 27.0 Å². The Labute approximate surface area is 201 Å². The van der Waals surface area contributed by atoms with Crippen LogP contribution < -0.4 is 0 Å². The third-order valence-electron chi connectivity index (χ3n) is 5.16. The number of nitrogens with zero attached hydrogens (tertiary/aromatic N) is 2. The van der Waals surface area contributed by atoms with Crippen LogP contribution in [0.3, 0.4) is 0 Å². The topological polar surface area (TPSA) is 83.3 Å². The van der Waals surface area contributed by atoms with Crippen molar-refractivity contribution in [2.75, 3.05) is 0 Å². The van der Waals surface area contributed by atoms with Crippen LogP contribution in [0.15, 0.2) is 72.8 Å². The van der Waals surface area contributed by atoms with Gasteiger partial charge in [0, 0.05) is 22.6 Å². The molecule has 0 saturated carbocycles. The first kappa shape index (κ1) is 23.4. The standard InChI is InChI=1S/C26H20N2O3.Pt/c1-26(2,24-14-6-12-22(28-24)18-8-4-10-20(29)16-18)23-13-5-11-21(27-23)17-7-3-9-19(15-17)25(30)31;/h3-6,9-16,29H,1-2H3,(H,30,31);/q-2;+2. The maximum atomic E-state index is 11.3. The molecule has 0 amide bonds. The molecule has 4 rings (SSSR count). The molecule has 32 heavy (non-hydrogen) atoms. The van der Waals surface area contributed by atoms with E-state index in [1.165, 1.54) is 6.07 Å². The molecule has 0 aliphatic rings. The average Bonchev–Trinajstić information content (AvgIpc) is 2.79. The van der Waals surface area contributed by atoms with E-state index < -0.39 is 11.4 Å². The van der Waals surface area contributed by atoms with Crippen molar-refractivity contribution in [1.29, 1.82) is 0 Å². The van der Waals surface area contributed by atoms with Crippen LogP contribution in [0.5, 0.6) is 5.75 Å². The van der Waals surface area contributed by atoms with Gasteiger partial charge in [-0.25, -0.2) is 4.79 Å². The van der Waals surface area contributed by atoms with E-state index in [-0.39, 0.29) is 32.4 Å². The third-order valence-corrected chi connectivity index (χ3v) is 5.16. The molecule has 0 aliphatic heterocycles. The van der Waals surface area contributed by atoms with Crippen LogP contribution in [0.2, 0.25) is 0 Å². The van der Waals surface area contributed by atoms with Crippen LogP contribution in [-0.2, 0) is 26.5 Å². The maximum Gasteiger partial charge on any atom is 2.00 e. The molecular formula is C26H20N2O3Pt. The number of carboxylic acid groups (broad SMARTS) is 1. The Morgan fingerprint density at radius 2 is 1.38 bits per heavy atom. The first-order valence-corrected chi connectivity index (χ1v) is 9.76. The van der Waals surface area contributed by atoms with Crippen molar-refractivity contribution < 1.29 is 36.1 Å². The number of benzene rings is 2. The smallest absolute Gasteiger partial charge is 0.527 e. The molecular weight excluding hydrogens is 583 g/mol. The number of carbonyl (C=O) groups is 1. The molecule has 2 heterocycles. The molecule has 2 N–H and O–H groups in total. The largest absolute Gasteiger partial charge is 2.00 e. The summed E-state index contributed by atoms with van der Waals surface area (Å²) in [5, 5.41) is 19.0. The number of pyridine rings is 2. The number of aromatic carboxylic acids is 1. The summed E-state index contributed by atoms with van der Waals surface area (Å²) in [6, 6.07) is 27.1. The second-order valence-corrected chi connectivity index (χ2v) is 7.70. The quantitative estimate of drug-likeness (QED) is 0.309. The molecule has 0 bridgehead atoms. The molecule has 2 aromatic heterocycles. The van der Waals surface area contributed by atoms with E-state index in [0.29, 0.717) is 22.5 Å². The number of hydrogen-bond donors (Lipinski definition) is 2. The van der Waals surface area contributed by atoms with Gasteiger partial charge in [-0.05, 0) is 42.9 Å². The average molecular weight is 604 g/mol. The number of aromatic nitrogens is 2. The fraction of sp³-hybridized carbons (Fsp3) is 0.115. The monoisotopic (exact) mass is 603 g/mol. The molecule has 0 saturated heterocycles.